The van der Waals surface area contributed by atoms with Gasteiger partial charge in [-0.15, -0.1) is 12.4 Å². The summed E-state index contributed by atoms with van der Waals surface area (Å²) in [5, 5.41) is 12.8. The number of halogens is 1. The van der Waals surface area contributed by atoms with Crippen LogP contribution in [0.3, 0.4) is 0 Å². The molecule has 2 aromatic heterocycles. The number of hydrogen-bond acceptors (Lipinski definition) is 6. The van der Waals surface area contributed by atoms with Gasteiger partial charge in [0.15, 0.2) is 0 Å². The van der Waals surface area contributed by atoms with Crippen molar-refractivity contribution in [3.63, 3.8) is 0 Å². The zero-order chi connectivity index (χ0) is 18.9. The fourth-order valence-electron chi connectivity index (χ4n) is 3.72. The van der Waals surface area contributed by atoms with Crippen molar-refractivity contribution in [2.45, 2.75) is 25.9 Å². The van der Waals surface area contributed by atoms with Crippen molar-refractivity contribution in [3.05, 3.63) is 42.2 Å². The van der Waals surface area contributed by atoms with Gasteiger partial charge in [0.1, 0.15) is 17.1 Å². The number of rotatable bonds is 6. The first-order valence-electron chi connectivity index (χ1n) is 9.06. The zero-order valence-corrected chi connectivity index (χ0v) is 16.4. The number of carbonyl (C=O) groups is 1. The van der Waals surface area contributed by atoms with Crippen LogP contribution in [0, 0.1) is 22.7 Å². The number of anilines is 3. The highest BCUT2D eigenvalue weighted by atomic mass is 35.5. The average molecular weight is 400 g/mol. The average Bonchev–Trinajstić information content (AvgIpc) is 3.47. The van der Waals surface area contributed by atoms with Crippen LogP contribution >= 0.6 is 12.4 Å². The second-order valence-electron chi connectivity index (χ2n) is 7.07. The molecule has 1 atom stereocenters. The van der Waals surface area contributed by atoms with Crippen molar-refractivity contribution in [3.8, 4) is 6.07 Å². The lowest BCUT2D eigenvalue weighted by atomic mass is 9.83. The highest BCUT2D eigenvalue weighted by molar-refractivity contribution is 6.02. The normalized spacial score (nSPS) is 21.1. The molecule has 0 bridgehead atoms. The van der Waals surface area contributed by atoms with E-state index in [9.17, 15) is 10.1 Å². The van der Waals surface area contributed by atoms with Crippen molar-refractivity contribution < 1.29 is 9.53 Å². The summed E-state index contributed by atoms with van der Waals surface area (Å²) in [6.45, 7) is 1.07. The van der Waals surface area contributed by atoms with Gasteiger partial charge in [0.05, 0.1) is 12.7 Å². The molecule has 1 amide bonds. The number of aromatic nitrogens is 2. The molecule has 0 aromatic carbocycles. The summed E-state index contributed by atoms with van der Waals surface area (Å²) in [5.41, 5.74) is 0.917. The van der Waals surface area contributed by atoms with Gasteiger partial charge in [-0.25, -0.2) is 9.97 Å². The van der Waals surface area contributed by atoms with Crippen LogP contribution < -0.4 is 10.2 Å². The quantitative estimate of drug-likeness (QED) is 0.799. The molecule has 146 valence electrons. The molecule has 0 unspecified atom stereocenters. The number of nitrogens with one attached hydrogen (secondary N) is 1. The number of amides is 1. The summed E-state index contributed by atoms with van der Waals surface area (Å²) >= 11 is 0. The van der Waals surface area contributed by atoms with Crippen molar-refractivity contribution in [2.75, 3.05) is 23.9 Å². The molecule has 3 heterocycles. The second kappa shape index (κ2) is 8.13. The molecular weight excluding hydrogens is 378 g/mol. The molecule has 0 radical (unpaired) electrons. The topological polar surface area (TPSA) is 91.1 Å². The molecule has 1 saturated heterocycles. The highest BCUT2D eigenvalue weighted by Crippen LogP contribution is 2.51. The van der Waals surface area contributed by atoms with E-state index in [-0.39, 0.29) is 24.2 Å². The Kier molecular flexibility index (Phi) is 5.82. The number of carbonyl (C=O) groups excluding carboxylic acids is 1. The van der Waals surface area contributed by atoms with E-state index in [4.69, 9.17) is 4.74 Å². The molecule has 4 rings (SSSR count). The van der Waals surface area contributed by atoms with Gasteiger partial charge < -0.3 is 15.0 Å². The summed E-state index contributed by atoms with van der Waals surface area (Å²) in [6, 6.07) is 9.73. The molecular formula is C20H22ClN5O2. The Morgan fingerprint density at radius 3 is 2.68 bits per heavy atom. The molecule has 2 aliphatic rings. The Balaban J connectivity index is 0.00000225. The van der Waals surface area contributed by atoms with E-state index in [1.165, 1.54) is 0 Å². The van der Waals surface area contributed by atoms with Crippen LogP contribution in [0.15, 0.2) is 36.7 Å². The fraction of sp³-hybridized carbons (Fsp3) is 0.400. The second-order valence-corrected chi connectivity index (χ2v) is 7.07. The number of pyridine rings is 2. The van der Waals surface area contributed by atoms with E-state index in [1.807, 2.05) is 18.2 Å². The standard InChI is InChI=1S/C20H21N5O2.ClH/c1-27-12-14-4-7-22-17(10-14)24-18-11-16(5-8-23-18)25-9-6-20(13-21,19(25)26)15-2-3-15;/h4-5,7-8,10-11,15H,2-3,6,9,12H2,1H3,(H,22,23,24);1H/t20-;/m1./s1. The minimum Gasteiger partial charge on any atom is -0.380 e. The number of nitriles is 1. The Labute approximate surface area is 170 Å². The smallest absolute Gasteiger partial charge is 0.247 e. The van der Waals surface area contributed by atoms with Crippen LogP contribution in [0.2, 0.25) is 0 Å². The molecule has 1 N–H and O–H groups in total. The third kappa shape index (κ3) is 3.66. The first kappa shape index (κ1) is 20.1. The van der Waals surface area contributed by atoms with Crippen LogP contribution in [0.4, 0.5) is 17.3 Å². The summed E-state index contributed by atoms with van der Waals surface area (Å²) < 4.78 is 5.14. The molecule has 2 fully saturated rings. The lowest BCUT2D eigenvalue weighted by molar-refractivity contribution is -0.123. The van der Waals surface area contributed by atoms with Gasteiger partial charge >= 0.3 is 0 Å². The highest BCUT2D eigenvalue weighted by Gasteiger charge is 2.56. The minimum absolute atomic E-state index is 0. The molecule has 1 saturated carbocycles. The largest absolute Gasteiger partial charge is 0.380 e. The maximum atomic E-state index is 13.0. The van der Waals surface area contributed by atoms with Crippen molar-refractivity contribution in [1.82, 2.24) is 9.97 Å². The molecule has 0 spiro atoms. The van der Waals surface area contributed by atoms with Gasteiger partial charge in [0.2, 0.25) is 5.91 Å². The first-order chi connectivity index (χ1) is 13.2. The van der Waals surface area contributed by atoms with Gasteiger partial charge in [-0.05, 0) is 48.9 Å². The molecule has 8 heteroatoms. The third-order valence-corrected chi connectivity index (χ3v) is 5.28. The van der Waals surface area contributed by atoms with E-state index in [2.05, 4.69) is 21.4 Å². The third-order valence-electron chi connectivity index (χ3n) is 5.28. The summed E-state index contributed by atoms with van der Waals surface area (Å²) in [7, 11) is 1.65. The van der Waals surface area contributed by atoms with E-state index in [0.29, 0.717) is 31.2 Å². The number of hydrogen-bond donors (Lipinski definition) is 1. The van der Waals surface area contributed by atoms with E-state index in [0.717, 1.165) is 24.1 Å². The predicted octanol–water partition coefficient (Wildman–Crippen LogP) is 3.45. The van der Waals surface area contributed by atoms with Crippen molar-refractivity contribution >= 4 is 35.6 Å². The fourth-order valence-corrected chi connectivity index (χ4v) is 3.72. The summed E-state index contributed by atoms with van der Waals surface area (Å²) in [5.74, 6) is 1.39. The van der Waals surface area contributed by atoms with Crippen LogP contribution in [0.25, 0.3) is 0 Å². The van der Waals surface area contributed by atoms with Crippen molar-refractivity contribution in [1.29, 1.82) is 5.26 Å². The van der Waals surface area contributed by atoms with E-state index in [1.54, 1.807) is 30.5 Å². The van der Waals surface area contributed by atoms with Crippen LogP contribution in [0.5, 0.6) is 0 Å². The van der Waals surface area contributed by atoms with Gasteiger partial charge in [-0.2, -0.15) is 5.26 Å². The van der Waals surface area contributed by atoms with E-state index >= 15 is 0 Å². The lowest BCUT2D eigenvalue weighted by Crippen LogP contribution is -2.35. The van der Waals surface area contributed by atoms with Gasteiger partial charge in [-0.3, -0.25) is 4.79 Å². The Morgan fingerprint density at radius 2 is 2.00 bits per heavy atom. The zero-order valence-electron chi connectivity index (χ0n) is 15.6. The van der Waals surface area contributed by atoms with E-state index < -0.39 is 5.41 Å². The van der Waals surface area contributed by atoms with Gasteiger partial charge in [0, 0.05) is 37.8 Å². The maximum absolute atomic E-state index is 13.0. The van der Waals surface area contributed by atoms with Crippen molar-refractivity contribution in [2.24, 2.45) is 11.3 Å². The van der Waals surface area contributed by atoms with Gasteiger partial charge in [0.25, 0.3) is 0 Å². The monoisotopic (exact) mass is 399 g/mol. The molecule has 7 nitrogen and oxygen atoms in total. The first-order valence-corrected chi connectivity index (χ1v) is 9.06. The summed E-state index contributed by atoms with van der Waals surface area (Å²) in [4.78, 5) is 23.3. The maximum Gasteiger partial charge on any atom is 0.247 e. The molecule has 1 aliphatic heterocycles. The van der Waals surface area contributed by atoms with Crippen LogP contribution in [0.1, 0.15) is 24.8 Å². The predicted molar refractivity (Wildman–Crippen MR) is 107 cm³/mol. The number of methoxy groups -OCH3 is 1. The summed E-state index contributed by atoms with van der Waals surface area (Å²) in [6.07, 6.45) is 5.91. The molecule has 2 aromatic rings. The number of nitrogens with zero attached hydrogens (tertiary/aromatic N) is 4. The SMILES string of the molecule is COCc1ccnc(Nc2cc(N3CC[C@@](C#N)(C4CC4)C3=O)ccn2)c1.Cl. The van der Waals surface area contributed by atoms with Crippen LogP contribution in [-0.2, 0) is 16.1 Å². The lowest BCUT2D eigenvalue weighted by Gasteiger charge is -2.21. The number of ether oxygens (including phenoxy) is 1. The van der Waals surface area contributed by atoms with Gasteiger partial charge in [-0.1, -0.05) is 0 Å². The molecule has 28 heavy (non-hydrogen) atoms. The Morgan fingerprint density at radius 1 is 1.29 bits per heavy atom. The minimum atomic E-state index is -0.840. The Hall–Kier alpha value is -2.69. The van der Waals surface area contributed by atoms with Crippen LogP contribution in [-0.4, -0.2) is 29.5 Å². The Bertz CT molecular complexity index is 911. The molecule has 1 aliphatic carbocycles.